The van der Waals surface area contributed by atoms with Crippen LogP contribution in [-0.2, 0) is 20.8 Å². The summed E-state index contributed by atoms with van der Waals surface area (Å²) in [4.78, 5) is 58.0. The van der Waals surface area contributed by atoms with Crippen LogP contribution in [0.25, 0.3) is 5.57 Å². The second-order valence-electron chi connectivity index (χ2n) is 11.1. The van der Waals surface area contributed by atoms with Crippen molar-refractivity contribution >= 4 is 47.1 Å². The molecule has 12 heteroatoms. The summed E-state index contributed by atoms with van der Waals surface area (Å²) < 4.78 is 19.7. The molecule has 4 rings (SSSR count). The Balaban J connectivity index is 1.44. The van der Waals surface area contributed by atoms with Crippen molar-refractivity contribution in [3.05, 3.63) is 64.6 Å². The molecule has 0 aromatic heterocycles. The summed E-state index contributed by atoms with van der Waals surface area (Å²) in [5.41, 5.74) is 1.90. The largest absolute Gasteiger partial charge is 0.497 e. The molecule has 0 unspecified atom stereocenters. The Morgan fingerprint density at radius 1 is 1.20 bits per heavy atom. The highest BCUT2D eigenvalue weighted by Gasteiger charge is 2.32. The van der Waals surface area contributed by atoms with Crippen LogP contribution in [0.4, 0.5) is 14.9 Å². The molecule has 0 aliphatic carbocycles. The van der Waals surface area contributed by atoms with Crippen LogP contribution in [-0.4, -0.2) is 96.3 Å². The van der Waals surface area contributed by atoms with Crippen molar-refractivity contribution in [2.24, 2.45) is 0 Å². The van der Waals surface area contributed by atoms with Crippen LogP contribution in [0.15, 0.2) is 42.6 Å². The van der Waals surface area contributed by atoms with Gasteiger partial charge >= 0.3 is 6.03 Å². The van der Waals surface area contributed by atoms with Gasteiger partial charge < -0.3 is 29.7 Å². The summed E-state index contributed by atoms with van der Waals surface area (Å²) in [5.74, 6) is -0.731. The number of rotatable bonds is 10. The molecule has 0 bridgehead atoms. The Hall–Kier alpha value is -4.12. The monoisotopic (exact) mass is 627 g/mol. The number of hydrogen-bond donors (Lipinski definition) is 1. The maximum atomic E-state index is 14.4. The third kappa shape index (κ3) is 7.32. The molecule has 1 N–H and O–H groups in total. The first-order valence-corrected chi connectivity index (χ1v) is 15.1. The van der Waals surface area contributed by atoms with Gasteiger partial charge in [0, 0.05) is 56.2 Å². The molecule has 2 aromatic carbocycles. The highest BCUT2D eigenvalue weighted by molar-refractivity contribution is 6.35. The van der Waals surface area contributed by atoms with Crippen molar-refractivity contribution in [1.29, 1.82) is 0 Å². The average Bonchev–Trinajstić information content (AvgIpc) is 3.20. The zero-order chi connectivity index (χ0) is 32.0. The summed E-state index contributed by atoms with van der Waals surface area (Å²) in [5, 5.41) is 2.74. The zero-order valence-corrected chi connectivity index (χ0v) is 26.3. The van der Waals surface area contributed by atoms with E-state index in [4.69, 9.17) is 16.3 Å². The van der Waals surface area contributed by atoms with E-state index in [-0.39, 0.29) is 46.7 Å². The molecule has 5 amide bonds. The number of nitrogens with one attached hydrogen (secondary N) is 1. The van der Waals surface area contributed by atoms with Gasteiger partial charge in [-0.2, -0.15) is 0 Å². The number of carbonyl (C=O) groups is 4. The molecule has 0 saturated carbocycles. The van der Waals surface area contributed by atoms with Crippen LogP contribution < -0.4 is 10.1 Å². The Morgan fingerprint density at radius 3 is 2.59 bits per heavy atom. The van der Waals surface area contributed by atoms with Gasteiger partial charge in [0.15, 0.2) is 0 Å². The van der Waals surface area contributed by atoms with Gasteiger partial charge in [0.2, 0.25) is 12.3 Å². The maximum Gasteiger partial charge on any atom is 0.322 e. The van der Waals surface area contributed by atoms with Gasteiger partial charge in [0.1, 0.15) is 18.1 Å². The highest BCUT2D eigenvalue weighted by Crippen LogP contribution is 2.30. The molecule has 1 saturated heterocycles. The van der Waals surface area contributed by atoms with E-state index in [1.54, 1.807) is 19.1 Å². The van der Waals surface area contributed by atoms with E-state index in [9.17, 15) is 23.6 Å². The summed E-state index contributed by atoms with van der Waals surface area (Å²) in [7, 11) is 3.23. The van der Waals surface area contributed by atoms with Crippen molar-refractivity contribution < 1.29 is 28.3 Å². The molecular weight excluding hydrogens is 589 g/mol. The topological polar surface area (TPSA) is 102 Å². The fraction of sp³-hybridized carbons (Fsp3) is 0.438. The number of nitrogens with zero attached hydrogens (tertiary/aromatic N) is 4. The van der Waals surface area contributed by atoms with Gasteiger partial charge in [-0.1, -0.05) is 30.7 Å². The molecule has 2 aliphatic heterocycles. The second kappa shape index (κ2) is 14.6. The van der Waals surface area contributed by atoms with Gasteiger partial charge in [0.05, 0.1) is 17.7 Å². The van der Waals surface area contributed by atoms with E-state index >= 15 is 0 Å². The molecule has 0 radical (unpaired) electrons. The number of halogens is 2. The number of urea groups is 1. The SMILES string of the molecule is CC[C@@H](C)N(C)C(=O)/C(=C\N(C=O)CC(=O)N1CCC(N2CCc3cc(OC)ccc3NC2=O)CC1)c1cccc(F)c1Cl. The van der Waals surface area contributed by atoms with Gasteiger partial charge in [0.25, 0.3) is 5.91 Å². The molecule has 2 heterocycles. The number of anilines is 1. The number of likely N-dealkylation sites (N-methyl/N-ethyl adjacent to an activating group) is 1. The van der Waals surface area contributed by atoms with E-state index in [1.807, 2.05) is 36.9 Å². The fourth-order valence-corrected chi connectivity index (χ4v) is 5.71. The van der Waals surface area contributed by atoms with Gasteiger partial charge in [-0.25, -0.2) is 9.18 Å². The summed E-state index contributed by atoms with van der Waals surface area (Å²) in [6.45, 7) is 4.84. The number of hydrogen-bond acceptors (Lipinski definition) is 5. The van der Waals surface area contributed by atoms with Crippen molar-refractivity contribution in [2.75, 3.05) is 45.7 Å². The number of amides is 5. The Labute approximate surface area is 262 Å². The minimum atomic E-state index is -0.702. The quantitative estimate of drug-likeness (QED) is 0.306. The normalized spacial score (nSPS) is 16.4. The minimum absolute atomic E-state index is 0.00157. The molecule has 2 aromatic rings. The number of fused-ring (bicyclic) bond motifs is 1. The maximum absolute atomic E-state index is 14.4. The second-order valence-corrected chi connectivity index (χ2v) is 11.5. The van der Waals surface area contributed by atoms with Gasteiger partial charge in [-0.05, 0) is 62.4 Å². The standard InChI is InChI=1S/C32H39ClFN5O5/c1-5-21(2)36(3)31(42)26(25-7-6-8-27(34)30(25)33)18-37(20-40)19-29(41)38-14-12-23(13-15-38)39-16-11-22-17-24(44-4)9-10-28(22)35-32(39)43/h6-10,17-18,20-21,23H,5,11-16,19H2,1-4H3,(H,35,43)/b26-18-/t21-/m1/s1. The van der Waals surface area contributed by atoms with Crippen molar-refractivity contribution in [1.82, 2.24) is 19.6 Å². The minimum Gasteiger partial charge on any atom is -0.497 e. The first-order chi connectivity index (χ1) is 21.1. The third-order valence-electron chi connectivity index (χ3n) is 8.49. The van der Waals surface area contributed by atoms with E-state index in [0.29, 0.717) is 51.7 Å². The van der Waals surface area contributed by atoms with Crippen LogP contribution in [0.1, 0.15) is 44.2 Å². The van der Waals surface area contributed by atoms with E-state index in [2.05, 4.69) is 5.32 Å². The first-order valence-electron chi connectivity index (χ1n) is 14.7. The van der Waals surface area contributed by atoms with Crippen LogP contribution in [0.5, 0.6) is 5.75 Å². The number of methoxy groups -OCH3 is 1. The Bertz CT molecular complexity index is 1430. The smallest absolute Gasteiger partial charge is 0.322 e. The molecule has 10 nitrogen and oxygen atoms in total. The lowest BCUT2D eigenvalue weighted by Gasteiger charge is -2.38. The first kappa shape index (κ1) is 32.8. The van der Waals surface area contributed by atoms with Crippen molar-refractivity contribution in [3.8, 4) is 5.75 Å². The Morgan fingerprint density at radius 2 is 1.93 bits per heavy atom. The molecular formula is C32H39ClFN5O5. The molecule has 2 aliphatic rings. The summed E-state index contributed by atoms with van der Waals surface area (Å²) in [6, 6.07) is 9.35. The number of piperidine rings is 1. The van der Waals surface area contributed by atoms with Crippen molar-refractivity contribution in [3.63, 3.8) is 0 Å². The molecule has 1 atom stereocenters. The lowest BCUT2D eigenvalue weighted by molar-refractivity contribution is -0.135. The summed E-state index contributed by atoms with van der Waals surface area (Å²) >= 11 is 6.24. The predicted octanol–water partition coefficient (Wildman–Crippen LogP) is 4.63. The number of benzene rings is 2. The van der Waals surface area contributed by atoms with Gasteiger partial charge in [-0.3, -0.25) is 14.4 Å². The number of carbonyl (C=O) groups excluding carboxylic acids is 4. The molecule has 236 valence electrons. The molecule has 0 spiro atoms. The predicted molar refractivity (Wildman–Crippen MR) is 167 cm³/mol. The Kier molecular flexibility index (Phi) is 10.9. The van der Waals surface area contributed by atoms with E-state index in [0.717, 1.165) is 21.9 Å². The van der Waals surface area contributed by atoms with E-state index < -0.39 is 11.7 Å². The van der Waals surface area contributed by atoms with Crippen LogP contribution in [0.2, 0.25) is 5.02 Å². The fourth-order valence-electron chi connectivity index (χ4n) is 5.48. The van der Waals surface area contributed by atoms with E-state index in [1.165, 1.54) is 29.3 Å². The van der Waals surface area contributed by atoms with Crippen molar-refractivity contribution in [2.45, 2.75) is 51.6 Å². The van der Waals surface area contributed by atoms with Crippen LogP contribution in [0, 0.1) is 5.82 Å². The summed E-state index contributed by atoms with van der Waals surface area (Å²) in [6.07, 6.45) is 4.24. The lowest BCUT2D eigenvalue weighted by atomic mass is 10.0. The number of likely N-dealkylation sites (tertiary alicyclic amines) is 1. The highest BCUT2D eigenvalue weighted by atomic mass is 35.5. The third-order valence-corrected chi connectivity index (χ3v) is 8.87. The molecule has 44 heavy (non-hydrogen) atoms. The lowest BCUT2D eigenvalue weighted by Crippen LogP contribution is -2.51. The van der Waals surface area contributed by atoms with Crippen LogP contribution in [0.3, 0.4) is 0 Å². The molecule has 1 fully saturated rings. The number of ether oxygens (including phenoxy) is 1. The van der Waals surface area contributed by atoms with Crippen LogP contribution >= 0.6 is 11.6 Å². The average molecular weight is 628 g/mol. The zero-order valence-electron chi connectivity index (χ0n) is 25.5. The van der Waals surface area contributed by atoms with Gasteiger partial charge in [-0.15, -0.1) is 0 Å².